The minimum atomic E-state index is -0.699. The standard InChI is InChI=1S/C28H37Cl2F2N5O3/c1-19(35-18-39)15-22(29)24(31)6-4-21-17-34-27(26(21)20-3-5-25(32)23(30)16-20)28(40)33-7-2-8-36-9-11-37(12-10-36)13-14-38/h3-6,15-16,18,21,26-27,34,38H,2,7-14,17H2,1H3,(H,33,40)(H,35,39)/b6-4+,19-15+,24-22-/t21?,26?,27-/m1/s1. The summed E-state index contributed by atoms with van der Waals surface area (Å²) in [5.41, 5.74) is 1.04. The number of nitrogens with zero attached hydrogens (tertiary/aromatic N) is 2. The third-order valence-corrected chi connectivity index (χ3v) is 7.76. The van der Waals surface area contributed by atoms with Crippen molar-refractivity contribution in [3.05, 3.63) is 69.4 Å². The predicted molar refractivity (Wildman–Crippen MR) is 153 cm³/mol. The molecule has 2 unspecified atom stereocenters. The third-order valence-electron chi connectivity index (χ3n) is 7.18. The average molecular weight is 601 g/mol. The number of aliphatic hydroxyl groups is 1. The van der Waals surface area contributed by atoms with Crippen LogP contribution < -0.4 is 16.0 Å². The lowest BCUT2D eigenvalue weighted by atomic mass is 9.83. The molecule has 220 valence electrons. The Kier molecular flexibility index (Phi) is 13.0. The number of hydrogen-bond donors (Lipinski definition) is 4. The summed E-state index contributed by atoms with van der Waals surface area (Å²) in [5.74, 6) is -2.18. The quantitative estimate of drug-likeness (QED) is 0.158. The van der Waals surface area contributed by atoms with E-state index in [1.165, 1.54) is 24.3 Å². The Morgan fingerprint density at radius 3 is 2.58 bits per heavy atom. The second kappa shape index (κ2) is 16.2. The van der Waals surface area contributed by atoms with E-state index >= 15 is 0 Å². The van der Waals surface area contributed by atoms with Crippen LogP contribution in [0.25, 0.3) is 0 Å². The minimum absolute atomic E-state index is 0.0530. The lowest BCUT2D eigenvalue weighted by molar-refractivity contribution is -0.123. The van der Waals surface area contributed by atoms with Gasteiger partial charge in [-0.15, -0.1) is 0 Å². The van der Waals surface area contributed by atoms with Gasteiger partial charge in [-0.3, -0.25) is 14.5 Å². The number of carbonyl (C=O) groups is 2. The first-order valence-corrected chi connectivity index (χ1v) is 14.1. The van der Waals surface area contributed by atoms with Crippen LogP contribution in [0.1, 0.15) is 24.8 Å². The van der Waals surface area contributed by atoms with Gasteiger partial charge < -0.3 is 26.0 Å². The molecule has 4 N–H and O–H groups in total. The summed E-state index contributed by atoms with van der Waals surface area (Å²) in [4.78, 5) is 28.4. The molecule has 2 fully saturated rings. The second-order valence-electron chi connectivity index (χ2n) is 9.95. The van der Waals surface area contributed by atoms with E-state index in [9.17, 15) is 18.4 Å². The molecule has 40 heavy (non-hydrogen) atoms. The van der Waals surface area contributed by atoms with E-state index < -0.39 is 23.6 Å². The number of aliphatic hydroxyl groups excluding tert-OH is 1. The highest BCUT2D eigenvalue weighted by Gasteiger charge is 2.40. The van der Waals surface area contributed by atoms with E-state index in [1.54, 1.807) is 19.1 Å². The van der Waals surface area contributed by atoms with E-state index in [4.69, 9.17) is 28.3 Å². The van der Waals surface area contributed by atoms with Crippen LogP contribution in [0.4, 0.5) is 8.78 Å². The normalized spacial score (nSPS) is 23.4. The summed E-state index contributed by atoms with van der Waals surface area (Å²) in [6, 6.07) is 3.73. The zero-order valence-electron chi connectivity index (χ0n) is 22.5. The fraction of sp³-hybridized carbons (Fsp3) is 0.500. The molecule has 0 bridgehead atoms. The van der Waals surface area contributed by atoms with Crippen molar-refractivity contribution in [3.63, 3.8) is 0 Å². The zero-order chi connectivity index (χ0) is 29.1. The Bertz CT molecular complexity index is 1110. The lowest BCUT2D eigenvalue weighted by Crippen LogP contribution is -2.48. The Hall–Kier alpha value is -2.34. The van der Waals surface area contributed by atoms with Crippen LogP contribution in [0.15, 0.2) is 53.0 Å². The highest BCUT2D eigenvalue weighted by molar-refractivity contribution is 6.31. The number of amides is 2. The molecular formula is C28H37Cl2F2N5O3. The Morgan fingerprint density at radius 1 is 1.23 bits per heavy atom. The van der Waals surface area contributed by atoms with Crippen molar-refractivity contribution in [1.82, 2.24) is 25.8 Å². The van der Waals surface area contributed by atoms with E-state index in [0.717, 1.165) is 39.1 Å². The van der Waals surface area contributed by atoms with Crippen LogP contribution in [0.3, 0.4) is 0 Å². The molecule has 2 aliphatic rings. The van der Waals surface area contributed by atoms with E-state index in [0.29, 0.717) is 37.3 Å². The fourth-order valence-electron chi connectivity index (χ4n) is 5.05. The topological polar surface area (TPSA) is 96.9 Å². The summed E-state index contributed by atoms with van der Waals surface area (Å²) in [6.45, 7) is 7.87. The number of rotatable bonds is 13. The molecule has 2 amide bonds. The van der Waals surface area contributed by atoms with Gasteiger partial charge in [-0.2, -0.15) is 0 Å². The number of β-amino-alcohol motifs (C(OH)–C–C–N with tert-alkyl or cyclic N) is 1. The first kappa shape index (κ1) is 32.2. The molecule has 0 aliphatic carbocycles. The van der Waals surface area contributed by atoms with Gasteiger partial charge >= 0.3 is 0 Å². The molecule has 2 saturated heterocycles. The highest BCUT2D eigenvalue weighted by Crippen LogP contribution is 2.36. The fourth-order valence-corrected chi connectivity index (χ4v) is 5.47. The van der Waals surface area contributed by atoms with Crippen molar-refractivity contribution in [2.45, 2.75) is 25.3 Å². The molecule has 0 saturated carbocycles. The van der Waals surface area contributed by atoms with E-state index in [-0.39, 0.29) is 28.5 Å². The maximum Gasteiger partial charge on any atom is 0.237 e. The van der Waals surface area contributed by atoms with Gasteiger partial charge in [-0.05, 0) is 55.7 Å². The number of benzene rings is 1. The van der Waals surface area contributed by atoms with Crippen LogP contribution in [0, 0.1) is 11.7 Å². The average Bonchev–Trinajstić information content (AvgIpc) is 3.36. The van der Waals surface area contributed by atoms with Crippen LogP contribution in [0.5, 0.6) is 0 Å². The predicted octanol–water partition coefficient (Wildman–Crippen LogP) is 2.89. The molecule has 2 aliphatic heterocycles. The maximum absolute atomic E-state index is 14.7. The molecule has 3 atom stereocenters. The molecule has 2 heterocycles. The Labute approximate surface area is 244 Å². The first-order valence-electron chi connectivity index (χ1n) is 13.4. The maximum atomic E-state index is 14.7. The SMILES string of the molecule is C\C(=C/C(Cl)=C(F)\C=C\C1CN[C@@H](C(=O)NCCCN2CCN(CCO)CC2)C1c1ccc(F)c(Cl)c1)NC=O. The van der Waals surface area contributed by atoms with E-state index in [1.807, 2.05) is 0 Å². The monoisotopic (exact) mass is 599 g/mol. The summed E-state index contributed by atoms with van der Waals surface area (Å²) in [7, 11) is 0. The van der Waals surface area contributed by atoms with E-state index in [2.05, 4.69) is 25.8 Å². The van der Waals surface area contributed by atoms with Crippen molar-refractivity contribution >= 4 is 35.5 Å². The van der Waals surface area contributed by atoms with Gasteiger partial charge in [-0.25, -0.2) is 8.78 Å². The summed E-state index contributed by atoms with van der Waals surface area (Å²) < 4.78 is 28.6. The van der Waals surface area contributed by atoms with Crippen molar-refractivity contribution in [2.75, 3.05) is 59.0 Å². The number of carbonyl (C=O) groups excluding carboxylic acids is 2. The summed E-state index contributed by atoms with van der Waals surface area (Å²) in [5, 5.41) is 17.5. The number of halogens is 4. The van der Waals surface area contributed by atoms with Gasteiger partial charge in [0.15, 0.2) is 0 Å². The molecule has 3 rings (SSSR count). The van der Waals surface area contributed by atoms with Gasteiger partial charge in [0.1, 0.15) is 11.6 Å². The van der Waals surface area contributed by atoms with Crippen LogP contribution >= 0.6 is 23.2 Å². The van der Waals surface area contributed by atoms with Gasteiger partial charge in [0.25, 0.3) is 0 Å². The second-order valence-corrected chi connectivity index (χ2v) is 10.8. The van der Waals surface area contributed by atoms with Gasteiger partial charge in [0, 0.05) is 57.4 Å². The third kappa shape index (κ3) is 9.36. The Morgan fingerprint density at radius 2 is 1.93 bits per heavy atom. The molecule has 8 nitrogen and oxygen atoms in total. The van der Waals surface area contributed by atoms with Gasteiger partial charge in [0.2, 0.25) is 12.3 Å². The zero-order valence-corrected chi connectivity index (χ0v) is 24.0. The van der Waals surface area contributed by atoms with Gasteiger partial charge in [0.05, 0.1) is 22.7 Å². The van der Waals surface area contributed by atoms with Crippen molar-refractivity contribution in [2.24, 2.45) is 5.92 Å². The molecule has 12 heteroatoms. The largest absolute Gasteiger partial charge is 0.395 e. The first-order chi connectivity index (χ1) is 19.2. The van der Waals surface area contributed by atoms with Crippen LogP contribution in [-0.2, 0) is 9.59 Å². The molecule has 0 radical (unpaired) electrons. The number of nitrogens with one attached hydrogen (secondary N) is 3. The number of hydrogen-bond acceptors (Lipinski definition) is 6. The summed E-state index contributed by atoms with van der Waals surface area (Å²) in [6.07, 6.45) is 5.42. The number of piperazine rings is 1. The Balaban J connectivity index is 1.65. The number of allylic oxidation sites excluding steroid dienone is 5. The van der Waals surface area contributed by atoms with Crippen molar-refractivity contribution in [1.29, 1.82) is 0 Å². The lowest BCUT2D eigenvalue weighted by Gasteiger charge is -2.34. The molecular weight excluding hydrogens is 563 g/mol. The highest BCUT2D eigenvalue weighted by atomic mass is 35.5. The molecule has 0 aromatic heterocycles. The van der Waals surface area contributed by atoms with Crippen molar-refractivity contribution in [3.8, 4) is 0 Å². The summed E-state index contributed by atoms with van der Waals surface area (Å²) >= 11 is 12.1. The molecule has 1 aromatic carbocycles. The molecule has 0 spiro atoms. The van der Waals surface area contributed by atoms with Crippen LogP contribution in [0.2, 0.25) is 5.02 Å². The van der Waals surface area contributed by atoms with Gasteiger partial charge in [-0.1, -0.05) is 35.3 Å². The minimum Gasteiger partial charge on any atom is -0.395 e. The van der Waals surface area contributed by atoms with Crippen LogP contribution in [-0.4, -0.2) is 92.2 Å². The van der Waals surface area contributed by atoms with Crippen molar-refractivity contribution < 1.29 is 23.5 Å². The molecule has 1 aromatic rings. The smallest absolute Gasteiger partial charge is 0.237 e.